The van der Waals surface area contributed by atoms with E-state index in [9.17, 15) is 9.50 Å². The maximum absolute atomic E-state index is 13.3. The van der Waals surface area contributed by atoms with Crippen molar-refractivity contribution in [3.05, 3.63) is 30.3 Å². The van der Waals surface area contributed by atoms with Crippen molar-refractivity contribution in [3.63, 3.8) is 0 Å². The van der Waals surface area contributed by atoms with Gasteiger partial charge in [0, 0.05) is 17.8 Å². The monoisotopic (exact) mass is 261 g/mol. The summed E-state index contributed by atoms with van der Waals surface area (Å²) in [6, 6.07) is 4.46. The number of benzene rings is 1. The molecule has 0 radical (unpaired) electrons. The Labute approximate surface area is 110 Å². The zero-order chi connectivity index (χ0) is 13.2. The van der Waals surface area contributed by atoms with Crippen LogP contribution in [0.4, 0.5) is 10.2 Å². The summed E-state index contributed by atoms with van der Waals surface area (Å²) >= 11 is 0. The van der Waals surface area contributed by atoms with E-state index in [1.165, 1.54) is 18.5 Å². The maximum Gasteiger partial charge on any atom is 0.137 e. The lowest BCUT2D eigenvalue weighted by molar-refractivity contribution is 0.138. The highest BCUT2D eigenvalue weighted by atomic mass is 19.1. The second kappa shape index (κ2) is 5.09. The van der Waals surface area contributed by atoms with E-state index in [1.54, 1.807) is 6.07 Å². The van der Waals surface area contributed by atoms with Crippen molar-refractivity contribution in [3.8, 4) is 0 Å². The first-order chi connectivity index (χ1) is 9.24. The van der Waals surface area contributed by atoms with Crippen LogP contribution in [0.3, 0.4) is 0 Å². The molecule has 1 aromatic heterocycles. The molecule has 0 amide bonds. The van der Waals surface area contributed by atoms with Gasteiger partial charge < -0.3 is 10.4 Å². The highest BCUT2D eigenvalue weighted by molar-refractivity contribution is 5.88. The summed E-state index contributed by atoms with van der Waals surface area (Å²) in [5.41, 5.74) is 0.714. The van der Waals surface area contributed by atoms with Gasteiger partial charge in [0.15, 0.2) is 0 Å². The Balaban J connectivity index is 1.82. The largest absolute Gasteiger partial charge is 0.393 e. The Bertz CT molecular complexity index is 590. The molecular weight excluding hydrogens is 245 g/mol. The summed E-state index contributed by atoms with van der Waals surface area (Å²) in [6.07, 6.45) is 4.18. The molecule has 4 nitrogen and oxygen atoms in total. The molecule has 1 aromatic carbocycles. The van der Waals surface area contributed by atoms with E-state index in [4.69, 9.17) is 0 Å². The number of nitrogens with zero attached hydrogens (tertiary/aromatic N) is 2. The van der Waals surface area contributed by atoms with Gasteiger partial charge in [-0.3, -0.25) is 0 Å². The molecule has 2 N–H and O–H groups in total. The first-order valence-electron chi connectivity index (χ1n) is 6.56. The molecule has 0 saturated heterocycles. The number of anilines is 1. The predicted molar refractivity (Wildman–Crippen MR) is 71.3 cm³/mol. The molecule has 0 aliphatic heterocycles. The van der Waals surface area contributed by atoms with E-state index in [-0.39, 0.29) is 17.8 Å². The van der Waals surface area contributed by atoms with Gasteiger partial charge in [-0.25, -0.2) is 14.4 Å². The summed E-state index contributed by atoms with van der Waals surface area (Å²) in [6.45, 7) is 0.657. The highest BCUT2D eigenvalue weighted by Gasteiger charge is 2.24. The second-order valence-electron chi connectivity index (χ2n) is 5.02. The van der Waals surface area contributed by atoms with Crippen LogP contribution in [0.2, 0.25) is 0 Å². The maximum atomic E-state index is 13.3. The molecule has 1 aliphatic rings. The third kappa shape index (κ3) is 2.51. The van der Waals surface area contributed by atoms with Crippen LogP contribution in [-0.4, -0.2) is 27.7 Å². The first-order valence-corrected chi connectivity index (χ1v) is 6.56. The van der Waals surface area contributed by atoms with Gasteiger partial charge in [0.05, 0.1) is 11.6 Å². The number of halogens is 1. The molecule has 3 rings (SSSR count). The summed E-state index contributed by atoms with van der Waals surface area (Å²) in [5, 5.41) is 13.7. The quantitative estimate of drug-likeness (QED) is 0.890. The molecule has 1 aliphatic carbocycles. The molecule has 5 heteroatoms. The Hall–Kier alpha value is -1.75. The van der Waals surface area contributed by atoms with E-state index >= 15 is 0 Å². The zero-order valence-electron chi connectivity index (χ0n) is 10.5. The minimum absolute atomic E-state index is 0.239. The number of aliphatic hydroxyl groups excluding tert-OH is 1. The van der Waals surface area contributed by atoms with Crippen molar-refractivity contribution in [2.24, 2.45) is 5.92 Å². The fourth-order valence-electron chi connectivity index (χ4n) is 2.65. The number of aromatic nitrogens is 2. The second-order valence-corrected chi connectivity index (χ2v) is 5.02. The number of nitrogens with one attached hydrogen (secondary N) is 1. The average molecular weight is 261 g/mol. The van der Waals surface area contributed by atoms with E-state index in [2.05, 4.69) is 15.3 Å². The third-order valence-electron chi connectivity index (χ3n) is 3.75. The summed E-state index contributed by atoms with van der Waals surface area (Å²) < 4.78 is 13.3. The minimum atomic E-state index is -0.300. The van der Waals surface area contributed by atoms with Gasteiger partial charge in [0.2, 0.25) is 0 Å². The molecule has 100 valence electrons. The van der Waals surface area contributed by atoms with Crippen LogP contribution >= 0.6 is 0 Å². The highest BCUT2D eigenvalue weighted by Crippen LogP contribution is 2.27. The van der Waals surface area contributed by atoms with Crippen molar-refractivity contribution < 1.29 is 9.50 Å². The first kappa shape index (κ1) is 12.3. The lowest BCUT2D eigenvalue weighted by Crippen LogP contribution is -2.22. The Morgan fingerprint density at radius 2 is 2.21 bits per heavy atom. The fourth-order valence-corrected chi connectivity index (χ4v) is 2.65. The fraction of sp³-hybridized carbons (Fsp3) is 0.429. The molecule has 0 bridgehead atoms. The van der Waals surface area contributed by atoms with E-state index in [0.29, 0.717) is 23.3 Å². The van der Waals surface area contributed by atoms with Crippen LogP contribution in [0.1, 0.15) is 19.3 Å². The number of hydrogen-bond acceptors (Lipinski definition) is 4. The number of fused-ring (bicyclic) bond motifs is 1. The zero-order valence-corrected chi connectivity index (χ0v) is 10.5. The van der Waals surface area contributed by atoms with Gasteiger partial charge in [-0.2, -0.15) is 0 Å². The van der Waals surface area contributed by atoms with Gasteiger partial charge in [0.25, 0.3) is 0 Å². The van der Waals surface area contributed by atoms with Gasteiger partial charge >= 0.3 is 0 Å². The van der Waals surface area contributed by atoms with Gasteiger partial charge in [-0.05, 0) is 31.0 Å². The lowest BCUT2D eigenvalue weighted by atomic mass is 10.1. The molecule has 1 saturated carbocycles. The van der Waals surface area contributed by atoms with E-state index < -0.39 is 0 Å². The molecule has 0 spiro atoms. The lowest BCUT2D eigenvalue weighted by Gasteiger charge is -2.16. The van der Waals surface area contributed by atoms with Crippen molar-refractivity contribution in [2.75, 3.05) is 11.9 Å². The van der Waals surface area contributed by atoms with E-state index in [0.717, 1.165) is 19.3 Å². The predicted octanol–water partition coefficient (Wildman–Crippen LogP) is 2.34. The standard InChI is InChI=1S/C14H16FN3O/c15-10-4-5-12-11(6-10)14(18-8-17-12)16-7-9-2-1-3-13(9)19/h4-6,8-9,13,19H,1-3,7H2,(H,16,17,18). The van der Waals surface area contributed by atoms with Gasteiger partial charge in [-0.15, -0.1) is 0 Å². The van der Waals surface area contributed by atoms with Crippen LogP contribution in [-0.2, 0) is 0 Å². The number of rotatable bonds is 3. The molecule has 2 unspecified atom stereocenters. The molecular formula is C14H16FN3O. The van der Waals surface area contributed by atoms with Crippen LogP contribution in [0.15, 0.2) is 24.5 Å². The van der Waals surface area contributed by atoms with Crippen molar-refractivity contribution in [2.45, 2.75) is 25.4 Å². The molecule has 19 heavy (non-hydrogen) atoms. The van der Waals surface area contributed by atoms with Crippen LogP contribution in [0.25, 0.3) is 10.9 Å². The van der Waals surface area contributed by atoms with Crippen molar-refractivity contribution in [1.82, 2.24) is 9.97 Å². The minimum Gasteiger partial charge on any atom is -0.393 e. The van der Waals surface area contributed by atoms with Crippen LogP contribution in [0.5, 0.6) is 0 Å². The Morgan fingerprint density at radius 1 is 1.32 bits per heavy atom. The van der Waals surface area contributed by atoms with Gasteiger partial charge in [-0.1, -0.05) is 6.42 Å². The summed E-state index contributed by atoms with van der Waals surface area (Å²) in [4.78, 5) is 8.27. The molecule has 2 aromatic rings. The third-order valence-corrected chi connectivity index (χ3v) is 3.75. The smallest absolute Gasteiger partial charge is 0.137 e. The molecule has 2 atom stereocenters. The Morgan fingerprint density at radius 3 is 3.00 bits per heavy atom. The SMILES string of the molecule is OC1CCCC1CNc1ncnc2ccc(F)cc12. The van der Waals surface area contributed by atoms with Crippen molar-refractivity contribution in [1.29, 1.82) is 0 Å². The Kier molecular flexibility index (Phi) is 3.29. The summed E-state index contributed by atoms with van der Waals surface area (Å²) in [5.74, 6) is 0.577. The number of hydrogen-bond donors (Lipinski definition) is 2. The van der Waals surface area contributed by atoms with Crippen molar-refractivity contribution >= 4 is 16.7 Å². The molecule has 1 heterocycles. The average Bonchev–Trinajstić information content (AvgIpc) is 2.82. The normalized spacial score (nSPS) is 22.8. The van der Waals surface area contributed by atoms with E-state index in [1.807, 2.05) is 0 Å². The van der Waals surface area contributed by atoms with Gasteiger partial charge in [0.1, 0.15) is 18.0 Å². The number of aliphatic hydroxyl groups is 1. The van der Waals surface area contributed by atoms with Crippen LogP contribution < -0.4 is 5.32 Å². The topological polar surface area (TPSA) is 58.0 Å². The molecule has 1 fully saturated rings. The summed E-state index contributed by atoms with van der Waals surface area (Å²) in [7, 11) is 0. The van der Waals surface area contributed by atoms with Crippen LogP contribution in [0, 0.1) is 11.7 Å².